The molecule has 1 aromatic carbocycles. The summed E-state index contributed by atoms with van der Waals surface area (Å²) in [6.45, 7) is 4.00. The summed E-state index contributed by atoms with van der Waals surface area (Å²) < 4.78 is 4.25. The van der Waals surface area contributed by atoms with Crippen molar-refractivity contribution in [2.75, 3.05) is 19.2 Å². The van der Waals surface area contributed by atoms with Crippen LogP contribution < -0.4 is 5.01 Å². The number of aliphatic carboxylic acids is 1. The first-order valence-corrected chi connectivity index (χ1v) is 11.4. The van der Waals surface area contributed by atoms with E-state index in [0.29, 0.717) is 23.9 Å². The van der Waals surface area contributed by atoms with Gasteiger partial charge < -0.3 is 9.84 Å². The number of methoxy groups -OCH3 is 1. The monoisotopic (exact) mass is 449 g/mol. The number of anilines is 1. The number of ether oxygens (including phenoxy) is 1. The van der Waals surface area contributed by atoms with Crippen LogP contribution in [0, 0.1) is 29.6 Å². The maximum Gasteiger partial charge on any atom is 0.336 e. The molecule has 0 saturated heterocycles. The molecule has 0 spiro atoms. The Morgan fingerprint density at radius 1 is 1.27 bits per heavy atom. The minimum absolute atomic E-state index is 0.0948. The van der Waals surface area contributed by atoms with Crippen molar-refractivity contribution in [2.24, 2.45) is 11.0 Å². The molecule has 0 bridgehead atoms. The highest BCUT2D eigenvalue weighted by atomic mass is 16.4. The lowest BCUT2D eigenvalue weighted by Gasteiger charge is -2.28. The van der Waals surface area contributed by atoms with E-state index in [1.165, 1.54) is 31.8 Å². The zero-order valence-corrected chi connectivity index (χ0v) is 20.1. The Kier molecular flexibility index (Phi) is 13.0. The normalized spacial score (nSPS) is 17.9. The van der Waals surface area contributed by atoms with Gasteiger partial charge in [0.15, 0.2) is 0 Å². The van der Waals surface area contributed by atoms with Gasteiger partial charge in [-0.1, -0.05) is 44.8 Å². The highest BCUT2D eigenvalue weighted by Crippen LogP contribution is 2.37. The molecule has 1 N–H and O–H groups in total. The maximum atomic E-state index is 11.2. The van der Waals surface area contributed by atoms with Gasteiger partial charge in [-0.25, -0.2) is 4.79 Å². The van der Waals surface area contributed by atoms with E-state index in [1.807, 2.05) is 44.2 Å². The summed E-state index contributed by atoms with van der Waals surface area (Å²) in [5.74, 6) is 1.83. The van der Waals surface area contributed by atoms with E-state index in [-0.39, 0.29) is 5.57 Å². The molecule has 3 rings (SSSR count). The van der Waals surface area contributed by atoms with Crippen molar-refractivity contribution in [1.82, 2.24) is 0 Å². The number of terminal acetylenes is 1. The fourth-order valence-corrected chi connectivity index (χ4v) is 3.96. The fourth-order valence-electron chi connectivity index (χ4n) is 3.96. The lowest BCUT2D eigenvalue weighted by molar-refractivity contribution is -0.132. The minimum atomic E-state index is -1.04. The van der Waals surface area contributed by atoms with Crippen LogP contribution in [-0.2, 0) is 9.53 Å². The van der Waals surface area contributed by atoms with Gasteiger partial charge >= 0.3 is 5.97 Å². The van der Waals surface area contributed by atoms with Crippen molar-refractivity contribution in [3.8, 4) is 18.4 Å². The van der Waals surface area contributed by atoms with Gasteiger partial charge in [0, 0.05) is 38.8 Å². The third kappa shape index (κ3) is 8.60. The van der Waals surface area contributed by atoms with Crippen LogP contribution in [0.3, 0.4) is 0 Å². The molecule has 2 aliphatic rings. The van der Waals surface area contributed by atoms with Gasteiger partial charge in [-0.15, -0.1) is 6.42 Å². The molecule has 1 fully saturated rings. The Bertz CT molecular complexity index is 911. The molecule has 6 heteroatoms. The van der Waals surface area contributed by atoms with Crippen LogP contribution in [0.2, 0.25) is 0 Å². The number of nitrogens with zero attached hydrogens (tertiary/aromatic N) is 3. The molecular weight excluding hydrogens is 414 g/mol. The second-order valence-electron chi connectivity index (χ2n) is 7.57. The van der Waals surface area contributed by atoms with E-state index in [0.717, 1.165) is 17.8 Å². The predicted molar refractivity (Wildman–Crippen MR) is 134 cm³/mol. The van der Waals surface area contributed by atoms with E-state index in [2.05, 4.69) is 21.7 Å². The predicted octanol–water partition coefficient (Wildman–Crippen LogP) is 5.56. The van der Waals surface area contributed by atoms with Crippen LogP contribution >= 0.6 is 0 Å². The Hall–Kier alpha value is -3.35. The SMILES string of the molecule is C#C/C=C(\C=C/CC1=NN(c2ccc(C#N)cc2)C(C2CCCC2)C1)C(=O)O.CC.COC. The van der Waals surface area contributed by atoms with Crippen molar-refractivity contribution in [1.29, 1.82) is 5.26 Å². The molecule has 1 unspecified atom stereocenters. The van der Waals surface area contributed by atoms with E-state index in [9.17, 15) is 4.79 Å². The number of allylic oxidation sites excluding steroid dienone is 2. The summed E-state index contributed by atoms with van der Waals surface area (Å²) in [6, 6.07) is 9.99. The summed E-state index contributed by atoms with van der Waals surface area (Å²) in [5, 5.41) is 25.1. The van der Waals surface area contributed by atoms with Gasteiger partial charge in [0.05, 0.1) is 28.9 Å². The number of nitriles is 1. The molecule has 1 aliphatic heterocycles. The highest BCUT2D eigenvalue weighted by molar-refractivity contribution is 5.92. The molecule has 1 heterocycles. The number of carboxylic acid groups (broad SMARTS) is 1. The largest absolute Gasteiger partial charge is 0.478 e. The molecule has 1 aromatic rings. The summed E-state index contributed by atoms with van der Waals surface area (Å²) in [5.41, 5.74) is 2.75. The fraction of sp³-hybridized carbons (Fsp3) is 0.444. The van der Waals surface area contributed by atoms with Crippen LogP contribution in [0.15, 0.2) is 53.2 Å². The van der Waals surface area contributed by atoms with Crippen molar-refractivity contribution >= 4 is 17.4 Å². The zero-order chi connectivity index (χ0) is 24.6. The molecule has 1 atom stereocenters. The molecule has 33 heavy (non-hydrogen) atoms. The zero-order valence-electron chi connectivity index (χ0n) is 20.1. The van der Waals surface area contributed by atoms with Crippen molar-refractivity contribution in [3.63, 3.8) is 0 Å². The number of carboxylic acids is 1. The van der Waals surface area contributed by atoms with Gasteiger partial charge in [-0.3, -0.25) is 5.01 Å². The number of carbonyl (C=O) groups is 1. The second-order valence-corrected chi connectivity index (χ2v) is 7.57. The van der Waals surface area contributed by atoms with Gasteiger partial charge in [0.1, 0.15) is 0 Å². The lowest BCUT2D eigenvalue weighted by Crippen LogP contribution is -2.32. The van der Waals surface area contributed by atoms with Crippen molar-refractivity contribution < 1.29 is 14.6 Å². The first-order valence-electron chi connectivity index (χ1n) is 11.4. The first-order chi connectivity index (χ1) is 16.0. The molecule has 6 nitrogen and oxygen atoms in total. The average Bonchev–Trinajstić information content (AvgIpc) is 3.50. The number of rotatable bonds is 6. The van der Waals surface area contributed by atoms with Gasteiger partial charge in [-0.2, -0.15) is 10.4 Å². The molecule has 1 saturated carbocycles. The lowest BCUT2D eigenvalue weighted by atomic mass is 9.93. The van der Waals surface area contributed by atoms with Crippen LogP contribution in [0.1, 0.15) is 57.9 Å². The average molecular weight is 450 g/mol. The number of hydrazone groups is 1. The molecule has 0 radical (unpaired) electrons. The Morgan fingerprint density at radius 2 is 1.88 bits per heavy atom. The van der Waals surface area contributed by atoms with Crippen LogP contribution in [0.25, 0.3) is 0 Å². The van der Waals surface area contributed by atoms with Crippen LogP contribution in [0.5, 0.6) is 0 Å². The molecular formula is C27H35N3O3. The Labute approximate surface area is 198 Å². The van der Waals surface area contributed by atoms with Gasteiger partial charge in [-0.05, 0) is 43.0 Å². The summed E-state index contributed by atoms with van der Waals surface area (Å²) in [7, 11) is 3.25. The summed E-state index contributed by atoms with van der Waals surface area (Å²) in [6.07, 6.45) is 16.2. The number of benzene rings is 1. The first kappa shape index (κ1) is 27.7. The van der Waals surface area contributed by atoms with Crippen molar-refractivity contribution in [3.05, 3.63) is 53.6 Å². The Morgan fingerprint density at radius 3 is 2.39 bits per heavy atom. The standard InChI is InChI=1S/C23H23N3O2.C2H6O.C2H6/c1-2-6-19(23(27)28)9-5-10-20-15-22(18-7-3-4-8-18)26(25-20)21-13-11-17(16-24)12-14-21;1-3-2;1-2/h1,5-6,9,11-14,18,22H,3-4,7-8,10,15H2,(H,27,28);1-2H3;1-2H3/b9-5-,19-6+;;. The van der Waals surface area contributed by atoms with E-state index in [1.54, 1.807) is 20.3 Å². The maximum absolute atomic E-state index is 11.2. The number of hydrogen-bond donors (Lipinski definition) is 1. The molecule has 176 valence electrons. The number of hydrogen-bond acceptors (Lipinski definition) is 5. The smallest absolute Gasteiger partial charge is 0.336 e. The molecule has 0 aromatic heterocycles. The topological polar surface area (TPSA) is 85.9 Å². The molecule has 0 amide bonds. The van der Waals surface area contributed by atoms with E-state index < -0.39 is 5.97 Å². The quantitative estimate of drug-likeness (QED) is 0.349. The summed E-state index contributed by atoms with van der Waals surface area (Å²) in [4.78, 5) is 11.2. The summed E-state index contributed by atoms with van der Waals surface area (Å²) >= 11 is 0. The van der Waals surface area contributed by atoms with Crippen LogP contribution in [0.4, 0.5) is 5.69 Å². The van der Waals surface area contributed by atoms with Gasteiger partial charge in [0.25, 0.3) is 0 Å². The highest BCUT2D eigenvalue weighted by Gasteiger charge is 2.35. The minimum Gasteiger partial charge on any atom is -0.478 e. The molecule has 1 aliphatic carbocycles. The third-order valence-electron chi connectivity index (χ3n) is 5.35. The Balaban J connectivity index is 0.00000101. The van der Waals surface area contributed by atoms with E-state index in [4.69, 9.17) is 21.9 Å². The second kappa shape index (κ2) is 15.5. The third-order valence-corrected chi connectivity index (χ3v) is 5.35. The van der Waals surface area contributed by atoms with E-state index >= 15 is 0 Å². The van der Waals surface area contributed by atoms with Gasteiger partial charge in [0.2, 0.25) is 0 Å². The van der Waals surface area contributed by atoms with Crippen LogP contribution in [-0.4, -0.2) is 37.0 Å². The van der Waals surface area contributed by atoms with Crippen molar-refractivity contribution in [2.45, 2.75) is 58.4 Å².